The van der Waals surface area contributed by atoms with E-state index >= 15 is 0 Å². The Kier molecular flexibility index (Phi) is 7.61. The van der Waals surface area contributed by atoms with Gasteiger partial charge in [-0.1, -0.05) is 0 Å². The van der Waals surface area contributed by atoms with Crippen LogP contribution in [0.2, 0.25) is 0 Å². The van der Waals surface area contributed by atoms with Crippen LogP contribution in [0.3, 0.4) is 0 Å². The summed E-state index contributed by atoms with van der Waals surface area (Å²) < 4.78 is 0. The average Bonchev–Trinajstić information content (AvgIpc) is 2.22. The first-order valence-corrected chi connectivity index (χ1v) is 5.84. The molecule has 2 atom stereocenters. The SMILES string of the molecule is CNCCC(C=O)CC(C)N(C)C(C)C. The minimum absolute atomic E-state index is 0.189. The van der Waals surface area contributed by atoms with Crippen molar-refractivity contribution in [3.8, 4) is 0 Å². The van der Waals surface area contributed by atoms with Gasteiger partial charge in [0.25, 0.3) is 0 Å². The Labute approximate surface area is 94.2 Å². The van der Waals surface area contributed by atoms with Crippen LogP contribution in [0.25, 0.3) is 0 Å². The van der Waals surface area contributed by atoms with Crippen molar-refractivity contribution >= 4 is 6.29 Å². The van der Waals surface area contributed by atoms with Gasteiger partial charge in [0.15, 0.2) is 0 Å². The van der Waals surface area contributed by atoms with Gasteiger partial charge in [-0.2, -0.15) is 0 Å². The molecule has 0 fully saturated rings. The van der Waals surface area contributed by atoms with Gasteiger partial charge in [-0.25, -0.2) is 0 Å². The molecule has 0 aromatic carbocycles. The summed E-state index contributed by atoms with van der Waals surface area (Å²) in [6.45, 7) is 7.47. The first kappa shape index (κ1) is 14.6. The molecule has 1 N–H and O–H groups in total. The molecule has 0 aromatic rings. The minimum atomic E-state index is 0.189. The van der Waals surface area contributed by atoms with E-state index in [0.717, 1.165) is 25.7 Å². The van der Waals surface area contributed by atoms with E-state index in [4.69, 9.17) is 0 Å². The summed E-state index contributed by atoms with van der Waals surface area (Å²) in [5.41, 5.74) is 0. The quantitative estimate of drug-likeness (QED) is 0.622. The van der Waals surface area contributed by atoms with Gasteiger partial charge in [0.05, 0.1) is 0 Å². The molecule has 0 saturated heterocycles. The van der Waals surface area contributed by atoms with E-state index in [1.54, 1.807) is 0 Å². The minimum Gasteiger partial charge on any atom is -0.320 e. The second-order valence-corrected chi connectivity index (χ2v) is 4.63. The van der Waals surface area contributed by atoms with Crippen LogP contribution in [0.5, 0.6) is 0 Å². The Bertz CT molecular complexity index is 171. The largest absolute Gasteiger partial charge is 0.320 e. The van der Waals surface area contributed by atoms with Crippen molar-refractivity contribution in [3.05, 3.63) is 0 Å². The van der Waals surface area contributed by atoms with Crippen molar-refractivity contribution in [2.24, 2.45) is 5.92 Å². The van der Waals surface area contributed by atoms with Crippen molar-refractivity contribution in [2.45, 2.75) is 45.7 Å². The Morgan fingerprint density at radius 3 is 2.33 bits per heavy atom. The van der Waals surface area contributed by atoms with E-state index < -0.39 is 0 Å². The smallest absolute Gasteiger partial charge is 0.123 e. The summed E-state index contributed by atoms with van der Waals surface area (Å²) in [6.07, 6.45) is 3.00. The van der Waals surface area contributed by atoms with E-state index in [2.05, 4.69) is 38.0 Å². The van der Waals surface area contributed by atoms with Gasteiger partial charge in [0.2, 0.25) is 0 Å². The molecule has 0 aliphatic rings. The molecule has 0 radical (unpaired) electrons. The van der Waals surface area contributed by atoms with E-state index in [-0.39, 0.29) is 5.92 Å². The maximum absolute atomic E-state index is 10.9. The molecule has 0 aliphatic carbocycles. The molecule has 0 aliphatic heterocycles. The third kappa shape index (κ3) is 5.90. The third-order valence-corrected chi connectivity index (χ3v) is 3.11. The Morgan fingerprint density at radius 1 is 1.33 bits per heavy atom. The topological polar surface area (TPSA) is 32.3 Å². The zero-order valence-electron chi connectivity index (χ0n) is 10.8. The number of carbonyl (C=O) groups excluding carboxylic acids is 1. The number of carbonyl (C=O) groups is 1. The summed E-state index contributed by atoms with van der Waals surface area (Å²) in [5.74, 6) is 0.189. The fourth-order valence-corrected chi connectivity index (χ4v) is 1.68. The molecular weight excluding hydrogens is 188 g/mol. The van der Waals surface area contributed by atoms with Crippen LogP contribution in [0, 0.1) is 5.92 Å². The molecule has 0 rings (SSSR count). The van der Waals surface area contributed by atoms with Crippen molar-refractivity contribution in [3.63, 3.8) is 0 Å². The monoisotopic (exact) mass is 214 g/mol. The Hall–Kier alpha value is -0.410. The number of aldehydes is 1. The van der Waals surface area contributed by atoms with Gasteiger partial charge in [0, 0.05) is 18.0 Å². The van der Waals surface area contributed by atoms with Gasteiger partial charge < -0.3 is 15.0 Å². The summed E-state index contributed by atoms with van der Waals surface area (Å²) >= 11 is 0. The predicted molar refractivity (Wildman–Crippen MR) is 65.1 cm³/mol. The Morgan fingerprint density at radius 2 is 1.93 bits per heavy atom. The van der Waals surface area contributed by atoms with Gasteiger partial charge in [0.1, 0.15) is 6.29 Å². The van der Waals surface area contributed by atoms with Crippen molar-refractivity contribution in [2.75, 3.05) is 20.6 Å². The first-order chi connectivity index (χ1) is 7.02. The van der Waals surface area contributed by atoms with E-state index in [1.807, 2.05) is 7.05 Å². The zero-order valence-corrected chi connectivity index (χ0v) is 10.8. The van der Waals surface area contributed by atoms with Gasteiger partial charge in [-0.05, 0) is 54.3 Å². The fraction of sp³-hybridized carbons (Fsp3) is 0.917. The molecule has 2 unspecified atom stereocenters. The molecule has 90 valence electrons. The third-order valence-electron chi connectivity index (χ3n) is 3.11. The molecule has 3 nitrogen and oxygen atoms in total. The first-order valence-electron chi connectivity index (χ1n) is 5.84. The standard InChI is InChI=1S/C12H26N2O/c1-10(2)14(5)11(3)8-12(9-15)6-7-13-4/h9-13H,6-8H2,1-5H3. The highest BCUT2D eigenvalue weighted by atomic mass is 16.1. The van der Waals surface area contributed by atoms with E-state index in [1.165, 1.54) is 0 Å². The lowest BCUT2D eigenvalue weighted by molar-refractivity contribution is -0.111. The summed E-state index contributed by atoms with van der Waals surface area (Å²) in [7, 11) is 4.04. The van der Waals surface area contributed by atoms with Crippen molar-refractivity contribution in [1.82, 2.24) is 10.2 Å². The highest BCUT2D eigenvalue weighted by molar-refractivity contribution is 5.53. The predicted octanol–water partition coefficient (Wildman–Crippen LogP) is 1.53. The molecule has 0 spiro atoms. The molecule has 15 heavy (non-hydrogen) atoms. The molecule has 0 bridgehead atoms. The molecule has 0 aromatic heterocycles. The zero-order chi connectivity index (χ0) is 11.8. The van der Waals surface area contributed by atoms with E-state index in [9.17, 15) is 4.79 Å². The van der Waals surface area contributed by atoms with Gasteiger partial charge >= 0.3 is 0 Å². The van der Waals surface area contributed by atoms with Gasteiger partial charge in [-0.15, -0.1) is 0 Å². The molecule has 0 amide bonds. The van der Waals surface area contributed by atoms with Crippen molar-refractivity contribution in [1.29, 1.82) is 0 Å². The summed E-state index contributed by atoms with van der Waals surface area (Å²) in [5, 5.41) is 3.09. The average molecular weight is 214 g/mol. The highest BCUT2D eigenvalue weighted by Gasteiger charge is 2.17. The maximum Gasteiger partial charge on any atom is 0.123 e. The lowest BCUT2D eigenvalue weighted by Crippen LogP contribution is -2.36. The number of hydrogen-bond acceptors (Lipinski definition) is 3. The molecule has 0 saturated carbocycles. The van der Waals surface area contributed by atoms with Crippen molar-refractivity contribution < 1.29 is 4.79 Å². The fourth-order valence-electron chi connectivity index (χ4n) is 1.68. The van der Waals surface area contributed by atoms with Crippen LogP contribution in [0.15, 0.2) is 0 Å². The Balaban J connectivity index is 3.99. The van der Waals surface area contributed by atoms with Crippen LogP contribution in [0.4, 0.5) is 0 Å². The van der Waals surface area contributed by atoms with Crippen LogP contribution in [-0.4, -0.2) is 43.9 Å². The summed E-state index contributed by atoms with van der Waals surface area (Å²) in [4.78, 5) is 13.2. The number of rotatable bonds is 8. The second kappa shape index (κ2) is 7.83. The van der Waals surface area contributed by atoms with Crippen LogP contribution >= 0.6 is 0 Å². The van der Waals surface area contributed by atoms with Gasteiger partial charge in [-0.3, -0.25) is 0 Å². The van der Waals surface area contributed by atoms with Crippen LogP contribution in [0.1, 0.15) is 33.6 Å². The second-order valence-electron chi connectivity index (χ2n) is 4.63. The van der Waals surface area contributed by atoms with Crippen LogP contribution in [-0.2, 0) is 4.79 Å². The number of hydrogen-bond donors (Lipinski definition) is 1. The molecule has 3 heteroatoms. The highest BCUT2D eigenvalue weighted by Crippen LogP contribution is 2.13. The van der Waals surface area contributed by atoms with E-state index in [0.29, 0.717) is 12.1 Å². The number of nitrogens with zero attached hydrogens (tertiary/aromatic N) is 1. The number of nitrogens with one attached hydrogen (secondary N) is 1. The molecular formula is C12H26N2O. The lowest BCUT2D eigenvalue weighted by Gasteiger charge is -2.30. The van der Waals surface area contributed by atoms with Crippen LogP contribution < -0.4 is 5.32 Å². The molecule has 0 heterocycles. The maximum atomic E-state index is 10.9. The summed E-state index contributed by atoms with van der Waals surface area (Å²) in [6, 6.07) is 1.01. The normalized spacial score (nSPS) is 15.7. The lowest BCUT2D eigenvalue weighted by atomic mass is 9.97.